The summed E-state index contributed by atoms with van der Waals surface area (Å²) in [6, 6.07) is 0. The lowest BCUT2D eigenvalue weighted by Gasteiger charge is -2.20. The average molecular weight is 234 g/mol. The first kappa shape index (κ1) is 19.5. The smallest absolute Gasteiger partial charge is 0.314 e. The number of aliphatic hydroxyl groups excluding tert-OH is 3. The van der Waals surface area contributed by atoms with Crippen LogP contribution < -0.4 is 11.5 Å². The van der Waals surface area contributed by atoms with Crippen molar-refractivity contribution in [3.05, 3.63) is 0 Å². The predicted octanol–water partition coefficient (Wildman–Crippen LogP) is -3.40. The molecule has 0 bridgehead atoms. The van der Waals surface area contributed by atoms with Crippen LogP contribution in [0.25, 0.3) is 0 Å². The second-order valence-corrected chi connectivity index (χ2v) is 2.68. The highest BCUT2D eigenvalue weighted by Crippen LogP contribution is 1.98. The molecule has 90 valence electrons. The number of hydrogen-bond donors (Lipinski definition) is 7. The Bertz CT molecular complexity index is 119. The molecule has 0 amide bonds. The van der Waals surface area contributed by atoms with Crippen LogP contribution in [-0.2, 0) is 4.57 Å². The van der Waals surface area contributed by atoms with E-state index < -0.39 is 33.6 Å². The SMILES string of the molecule is CN.NC(CO)(CO)CO.O=[PH](O)O. The molecule has 0 atom stereocenters. The fourth-order valence-corrected chi connectivity index (χ4v) is 0.150. The Morgan fingerprint density at radius 3 is 1.21 bits per heavy atom. The second-order valence-electron chi connectivity index (χ2n) is 2.12. The van der Waals surface area contributed by atoms with Gasteiger partial charge in [0.15, 0.2) is 0 Å². The fraction of sp³-hybridized carbons (Fsp3) is 1.00. The first-order chi connectivity index (χ1) is 6.41. The van der Waals surface area contributed by atoms with Gasteiger partial charge in [0.2, 0.25) is 0 Å². The lowest BCUT2D eigenvalue weighted by atomic mass is 10.1. The molecule has 0 aliphatic carbocycles. The third kappa shape index (κ3) is 17.9. The zero-order valence-electron chi connectivity index (χ0n) is 7.92. The molecule has 0 rings (SSSR count). The first-order valence-corrected chi connectivity index (χ1v) is 4.83. The molecule has 9 N–H and O–H groups in total. The quantitative estimate of drug-likeness (QED) is 0.247. The summed E-state index contributed by atoms with van der Waals surface area (Å²) in [7, 11) is -1.63. The minimum absolute atomic E-state index is 0.403. The van der Waals surface area contributed by atoms with Gasteiger partial charge in [0.05, 0.1) is 25.4 Å². The first-order valence-electron chi connectivity index (χ1n) is 3.53. The predicted molar refractivity (Wildman–Crippen MR) is 51.7 cm³/mol. The van der Waals surface area contributed by atoms with Gasteiger partial charge in [0, 0.05) is 0 Å². The van der Waals surface area contributed by atoms with Crippen molar-refractivity contribution in [2.45, 2.75) is 5.54 Å². The molecule has 0 radical (unpaired) electrons. The highest BCUT2D eigenvalue weighted by atomic mass is 31.1. The molecule has 9 heteroatoms. The van der Waals surface area contributed by atoms with E-state index in [2.05, 4.69) is 5.73 Å². The van der Waals surface area contributed by atoms with Crippen LogP contribution in [-0.4, -0.2) is 57.5 Å². The Morgan fingerprint density at radius 2 is 1.21 bits per heavy atom. The van der Waals surface area contributed by atoms with Gasteiger partial charge in [-0.3, -0.25) is 4.57 Å². The van der Waals surface area contributed by atoms with Crippen molar-refractivity contribution >= 4 is 8.25 Å². The van der Waals surface area contributed by atoms with Crippen LogP contribution in [0.3, 0.4) is 0 Å². The number of nitrogens with two attached hydrogens (primary N) is 2. The minimum Gasteiger partial charge on any atom is -0.394 e. The molecule has 0 aromatic rings. The zero-order chi connectivity index (χ0) is 12.2. The summed E-state index contributed by atoms with van der Waals surface area (Å²) in [6.45, 7) is -1.21. The van der Waals surface area contributed by atoms with Crippen molar-refractivity contribution in [3.63, 3.8) is 0 Å². The monoisotopic (exact) mass is 234 g/mol. The third-order valence-corrected chi connectivity index (χ3v) is 0.945. The van der Waals surface area contributed by atoms with Gasteiger partial charge >= 0.3 is 8.25 Å². The van der Waals surface area contributed by atoms with Crippen LogP contribution >= 0.6 is 8.25 Å². The van der Waals surface area contributed by atoms with Crippen molar-refractivity contribution < 1.29 is 29.7 Å². The molecule has 8 nitrogen and oxygen atoms in total. The number of hydrogen-bond acceptors (Lipinski definition) is 6. The van der Waals surface area contributed by atoms with E-state index in [0.29, 0.717) is 0 Å². The van der Waals surface area contributed by atoms with Crippen molar-refractivity contribution in [1.82, 2.24) is 0 Å². The molecule has 0 aliphatic heterocycles. The van der Waals surface area contributed by atoms with Crippen molar-refractivity contribution in [2.24, 2.45) is 11.5 Å². The molecule has 0 aromatic heterocycles. The van der Waals surface area contributed by atoms with E-state index in [4.69, 9.17) is 35.4 Å². The Hall–Kier alpha value is -0.0500. The van der Waals surface area contributed by atoms with Crippen LogP contribution in [0.15, 0.2) is 0 Å². The molecule has 0 spiro atoms. The molecule has 0 saturated heterocycles. The maximum absolute atomic E-state index is 8.74. The number of aliphatic hydroxyl groups is 3. The van der Waals surface area contributed by atoms with Gasteiger partial charge in [-0.15, -0.1) is 0 Å². The van der Waals surface area contributed by atoms with Crippen LogP contribution in [0.4, 0.5) is 0 Å². The number of rotatable bonds is 3. The van der Waals surface area contributed by atoms with Crippen molar-refractivity contribution in [2.75, 3.05) is 26.9 Å². The Labute approximate surface area is 82.7 Å². The summed E-state index contributed by atoms with van der Waals surface area (Å²) >= 11 is 0. The average Bonchev–Trinajstić information content (AvgIpc) is 2.19. The van der Waals surface area contributed by atoms with Crippen LogP contribution in [0.1, 0.15) is 0 Å². The Kier molecular flexibility index (Phi) is 18.0. The highest BCUT2D eigenvalue weighted by molar-refractivity contribution is 7.30. The maximum atomic E-state index is 8.74. The maximum Gasteiger partial charge on any atom is 0.314 e. The molecule has 14 heavy (non-hydrogen) atoms. The summed E-state index contributed by atoms with van der Waals surface area (Å²) < 4.78 is 8.74. The van der Waals surface area contributed by atoms with E-state index in [-0.39, 0.29) is 0 Å². The van der Waals surface area contributed by atoms with Gasteiger partial charge in [0.1, 0.15) is 0 Å². The highest BCUT2D eigenvalue weighted by Gasteiger charge is 2.20. The van der Waals surface area contributed by atoms with Crippen LogP contribution in [0.5, 0.6) is 0 Å². The molecule has 0 saturated carbocycles. The van der Waals surface area contributed by atoms with E-state index >= 15 is 0 Å². The molecule has 0 fully saturated rings. The van der Waals surface area contributed by atoms with Crippen LogP contribution in [0, 0.1) is 0 Å². The minimum atomic E-state index is -3.13. The molecular weight excluding hydrogens is 215 g/mol. The normalized spacial score (nSPS) is 9.79. The summed E-state index contributed by atoms with van der Waals surface area (Å²) in [5.74, 6) is 0. The molecule has 0 unspecified atom stereocenters. The second kappa shape index (κ2) is 12.9. The van der Waals surface area contributed by atoms with Crippen LogP contribution in [0.2, 0.25) is 0 Å². The zero-order valence-corrected chi connectivity index (χ0v) is 8.92. The standard InChI is InChI=1S/C4H11NO3.CH5N.H3O3P/c5-4(1-6,2-7)3-8;1-2;1-4(2)3/h6-8H,1-3,5H2;2H2,1H3;4H,(H2,1,2,3). The van der Waals surface area contributed by atoms with Gasteiger partial charge in [-0.25, -0.2) is 0 Å². The fourth-order valence-electron chi connectivity index (χ4n) is 0.150. The summed E-state index contributed by atoms with van der Waals surface area (Å²) in [4.78, 5) is 14.3. The van der Waals surface area contributed by atoms with E-state index in [1.807, 2.05) is 0 Å². The van der Waals surface area contributed by atoms with Gasteiger partial charge < -0.3 is 36.6 Å². The van der Waals surface area contributed by atoms with E-state index in [0.717, 1.165) is 0 Å². The van der Waals surface area contributed by atoms with E-state index in [9.17, 15) is 0 Å². The van der Waals surface area contributed by atoms with E-state index in [1.165, 1.54) is 7.05 Å². The van der Waals surface area contributed by atoms with Gasteiger partial charge in [-0.2, -0.15) is 0 Å². The van der Waals surface area contributed by atoms with Gasteiger partial charge in [0.25, 0.3) is 0 Å². The molecule has 0 aromatic carbocycles. The third-order valence-electron chi connectivity index (χ3n) is 0.945. The Balaban J connectivity index is -0.000000170. The lowest BCUT2D eigenvalue weighted by Crippen LogP contribution is -2.50. The summed E-state index contributed by atoms with van der Waals surface area (Å²) in [5.41, 5.74) is 8.44. The van der Waals surface area contributed by atoms with Gasteiger partial charge in [-0.05, 0) is 7.05 Å². The lowest BCUT2D eigenvalue weighted by molar-refractivity contribution is 0.0697. The largest absolute Gasteiger partial charge is 0.394 e. The molecular formula is C5H19N2O6P. The van der Waals surface area contributed by atoms with E-state index in [1.54, 1.807) is 0 Å². The van der Waals surface area contributed by atoms with Gasteiger partial charge in [-0.1, -0.05) is 0 Å². The summed E-state index contributed by atoms with van der Waals surface area (Å²) in [6.07, 6.45) is 0. The molecule has 0 aliphatic rings. The van der Waals surface area contributed by atoms with Crippen molar-refractivity contribution in [1.29, 1.82) is 0 Å². The topological polar surface area (TPSA) is 170 Å². The Morgan fingerprint density at radius 1 is 1.07 bits per heavy atom. The molecule has 0 heterocycles. The van der Waals surface area contributed by atoms with Crippen molar-refractivity contribution in [3.8, 4) is 0 Å². The summed E-state index contributed by atoms with van der Waals surface area (Å²) in [5, 5.41) is 25.0.